The Morgan fingerprint density at radius 2 is 1.80 bits per heavy atom. The van der Waals surface area contributed by atoms with Gasteiger partial charge in [-0.2, -0.15) is 0 Å². The molecule has 41 heavy (non-hydrogen) atoms. The van der Waals surface area contributed by atoms with Gasteiger partial charge >= 0.3 is 5.97 Å². The van der Waals surface area contributed by atoms with Crippen molar-refractivity contribution in [1.29, 1.82) is 0 Å². The monoisotopic (exact) mass is 624 g/mol. The number of benzene rings is 3. The molecule has 210 valence electrons. The quantitative estimate of drug-likeness (QED) is 0.167. The number of nitrogens with zero attached hydrogens (tertiary/aromatic N) is 2. The maximum Gasteiger partial charge on any atom is 0.338 e. The van der Waals surface area contributed by atoms with Gasteiger partial charge in [0.15, 0.2) is 4.80 Å². The molecule has 0 aliphatic carbocycles. The van der Waals surface area contributed by atoms with E-state index in [0.29, 0.717) is 43.0 Å². The van der Waals surface area contributed by atoms with E-state index in [-0.39, 0.29) is 12.2 Å². The summed E-state index contributed by atoms with van der Waals surface area (Å²) >= 11 is 15.0. The molecule has 0 radical (unpaired) electrons. The first kappa shape index (κ1) is 29.2. The molecule has 0 saturated heterocycles. The molecule has 1 aromatic heterocycles. The van der Waals surface area contributed by atoms with Crippen molar-refractivity contribution >= 4 is 58.3 Å². The number of hydrogen-bond donors (Lipinski definition) is 0. The highest BCUT2D eigenvalue weighted by atomic mass is 35.5. The number of carbonyl (C=O) groups excluding carboxylic acids is 1. The van der Waals surface area contributed by atoms with Crippen LogP contribution in [-0.4, -0.2) is 23.4 Å². The van der Waals surface area contributed by atoms with Crippen molar-refractivity contribution in [2.24, 2.45) is 4.99 Å². The molecule has 1 atom stereocenters. The zero-order valence-corrected chi connectivity index (χ0v) is 25.7. The molecule has 3 aromatic carbocycles. The van der Waals surface area contributed by atoms with Crippen molar-refractivity contribution in [1.82, 2.24) is 4.57 Å². The predicted molar refractivity (Wildman–Crippen MR) is 166 cm³/mol. The Morgan fingerprint density at radius 1 is 1.07 bits per heavy atom. The number of hydrogen-bond acceptors (Lipinski definition) is 7. The first-order valence-corrected chi connectivity index (χ1v) is 15.6. The maximum atomic E-state index is 13.8. The SMILES string of the molecule is CCOC(=O)C1=C(C)N=c2s/c(=C/c3ccc(OCc4ccc(Cl)c(Cl)c4)cc3)c(=O)n2[C@H]1c1ccc(SC)cc1. The predicted octanol–water partition coefficient (Wildman–Crippen LogP) is 6.41. The lowest BCUT2D eigenvalue weighted by Gasteiger charge is -2.24. The van der Waals surface area contributed by atoms with Gasteiger partial charge in [0, 0.05) is 4.90 Å². The van der Waals surface area contributed by atoms with Crippen LogP contribution in [0.25, 0.3) is 6.08 Å². The largest absolute Gasteiger partial charge is 0.489 e. The molecule has 0 spiro atoms. The first-order valence-electron chi connectivity index (χ1n) is 12.8. The number of esters is 1. The van der Waals surface area contributed by atoms with Crippen LogP contribution in [0.5, 0.6) is 5.75 Å². The third-order valence-corrected chi connectivity index (χ3v) is 8.98. The standard InChI is InChI=1S/C31H26Cl2N2O4S2/c1-4-38-30(37)27-18(2)34-31-35(28(27)21-8-12-23(40-3)13-9-21)29(36)26(41-31)16-19-5-10-22(11-6-19)39-17-20-7-14-24(32)25(33)15-20/h5-16,28H,4,17H2,1-3H3/b26-16+/t28-/m0/s1. The van der Waals surface area contributed by atoms with Gasteiger partial charge in [-0.15, -0.1) is 11.8 Å². The van der Waals surface area contributed by atoms with Crippen LogP contribution in [0.1, 0.15) is 36.6 Å². The number of thioether (sulfide) groups is 1. The van der Waals surface area contributed by atoms with Crippen LogP contribution in [0.3, 0.4) is 0 Å². The molecule has 0 amide bonds. The van der Waals surface area contributed by atoms with E-state index < -0.39 is 12.0 Å². The number of carbonyl (C=O) groups is 1. The number of rotatable bonds is 8. The molecule has 6 nitrogen and oxygen atoms in total. The van der Waals surface area contributed by atoms with E-state index in [1.165, 1.54) is 11.3 Å². The van der Waals surface area contributed by atoms with Gasteiger partial charge in [0.2, 0.25) is 0 Å². The van der Waals surface area contributed by atoms with E-state index in [1.807, 2.05) is 66.9 Å². The molecule has 0 bridgehead atoms. The normalized spacial score (nSPS) is 15.0. The summed E-state index contributed by atoms with van der Waals surface area (Å²) in [5, 5.41) is 0.977. The lowest BCUT2D eigenvalue weighted by atomic mass is 9.96. The molecule has 4 aromatic rings. The fourth-order valence-electron chi connectivity index (χ4n) is 4.50. The van der Waals surface area contributed by atoms with Gasteiger partial charge < -0.3 is 9.47 Å². The van der Waals surface area contributed by atoms with Crippen molar-refractivity contribution in [2.75, 3.05) is 12.9 Å². The Morgan fingerprint density at radius 3 is 2.46 bits per heavy atom. The van der Waals surface area contributed by atoms with Crippen molar-refractivity contribution in [3.63, 3.8) is 0 Å². The molecular formula is C31H26Cl2N2O4S2. The number of thiazole rings is 1. The highest BCUT2D eigenvalue weighted by Gasteiger charge is 2.33. The first-order chi connectivity index (χ1) is 19.8. The van der Waals surface area contributed by atoms with Gasteiger partial charge in [0.1, 0.15) is 12.4 Å². The van der Waals surface area contributed by atoms with Crippen molar-refractivity contribution in [3.05, 3.63) is 124 Å². The zero-order chi connectivity index (χ0) is 29.1. The topological polar surface area (TPSA) is 69.9 Å². The Balaban J connectivity index is 1.47. The third kappa shape index (κ3) is 6.31. The van der Waals surface area contributed by atoms with E-state index in [4.69, 9.17) is 32.7 Å². The van der Waals surface area contributed by atoms with Crippen LogP contribution in [0, 0.1) is 0 Å². The number of fused-ring (bicyclic) bond motifs is 1. The van der Waals surface area contributed by atoms with Crippen molar-refractivity contribution < 1.29 is 14.3 Å². The lowest BCUT2D eigenvalue weighted by molar-refractivity contribution is -0.139. The summed E-state index contributed by atoms with van der Waals surface area (Å²) in [7, 11) is 0. The van der Waals surface area contributed by atoms with Crippen molar-refractivity contribution in [2.45, 2.75) is 31.4 Å². The van der Waals surface area contributed by atoms with Gasteiger partial charge in [-0.3, -0.25) is 9.36 Å². The molecule has 1 aliphatic heterocycles. The molecule has 2 heterocycles. The summed E-state index contributed by atoms with van der Waals surface area (Å²) in [6.45, 7) is 4.11. The molecule has 1 aliphatic rings. The smallest absolute Gasteiger partial charge is 0.338 e. The Kier molecular flexibility index (Phi) is 9.04. The highest BCUT2D eigenvalue weighted by Crippen LogP contribution is 2.31. The third-order valence-electron chi connectivity index (χ3n) is 6.52. The summed E-state index contributed by atoms with van der Waals surface area (Å²) in [6.07, 6.45) is 3.82. The number of ether oxygens (including phenoxy) is 2. The Bertz CT molecular complexity index is 1810. The second-order valence-electron chi connectivity index (χ2n) is 9.18. The zero-order valence-electron chi connectivity index (χ0n) is 22.5. The molecule has 5 rings (SSSR count). The van der Waals surface area contributed by atoms with E-state index in [1.54, 1.807) is 42.3 Å². The summed E-state index contributed by atoms with van der Waals surface area (Å²) < 4.78 is 13.4. The van der Waals surface area contributed by atoms with Gasteiger partial charge in [0.25, 0.3) is 5.56 Å². The highest BCUT2D eigenvalue weighted by molar-refractivity contribution is 7.98. The van der Waals surface area contributed by atoms with Crippen LogP contribution in [0.15, 0.2) is 92.7 Å². The minimum Gasteiger partial charge on any atom is -0.489 e. The van der Waals surface area contributed by atoms with E-state index >= 15 is 0 Å². The molecular weight excluding hydrogens is 599 g/mol. The van der Waals surface area contributed by atoms with Crippen LogP contribution >= 0.6 is 46.3 Å². The van der Waals surface area contributed by atoms with E-state index in [2.05, 4.69) is 4.99 Å². The average molecular weight is 626 g/mol. The van der Waals surface area contributed by atoms with Crippen LogP contribution < -0.4 is 19.6 Å². The Labute approximate surface area is 255 Å². The van der Waals surface area contributed by atoms with Crippen LogP contribution in [0.4, 0.5) is 0 Å². The molecule has 0 saturated carbocycles. The van der Waals surface area contributed by atoms with Crippen LogP contribution in [-0.2, 0) is 16.1 Å². The maximum absolute atomic E-state index is 13.8. The second kappa shape index (κ2) is 12.7. The van der Waals surface area contributed by atoms with Gasteiger partial charge in [-0.1, -0.05) is 64.9 Å². The summed E-state index contributed by atoms with van der Waals surface area (Å²) in [5.41, 5.74) is 3.24. The van der Waals surface area contributed by atoms with Crippen molar-refractivity contribution in [3.8, 4) is 5.75 Å². The fraction of sp³-hybridized carbons (Fsp3) is 0.194. The average Bonchev–Trinajstić information content (AvgIpc) is 3.27. The molecule has 0 unspecified atom stereocenters. The van der Waals surface area contributed by atoms with E-state index in [0.717, 1.165) is 21.6 Å². The van der Waals surface area contributed by atoms with Gasteiger partial charge in [-0.25, -0.2) is 9.79 Å². The molecule has 0 N–H and O–H groups in total. The summed E-state index contributed by atoms with van der Waals surface area (Å²) in [6, 6.07) is 20.1. The van der Waals surface area contributed by atoms with Crippen LogP contribution in [0.2, 0.25) is 10.0 Å². The fourth-order valence-corrected chi connectivity index (χ4v) is 6.28. The molecule has 0 fully saturated rings. The Hall–Kier alpha value is -3.30. The number of allylic oxidation sites excluding steroid dienone is 1. The molecule has 10 heteroatoms. The summed E-state index contributed by atoms with van der Waals surface area (Å²) in [5.74, 6) is 0.205. The number of aromatic nitrogens is 1. The van der Waals surface area contributed by atoms with Gasteiger partial charge in [0.05, 0.1) is 38.5 Å². The van der Waals surface area contributed by atoms with Gasteiger partial charge in [-0.05, 0) is 79.3 Å². The lowest BCUT2D eigenvalue weighted by Crippen LogP contribution is -2.39. The summed E-state index contributed by atoms with van der Waals surface area (Å²) in [4.78, 5) is 33.1. The number of halogens is 2. The minimum absolute atomic E-state index is 0.220. The minimum atomic E-state index is -0.638. The van der Waals surface area contributed by atoms with E-state index in [9.17, 15) is 9.59 Å². The second-order valence-corrected chi connectivity index (χ2v) is 11.9.